The number of hydrogen-bond acceptors (Lipinski definition) is 3. The van der Waals surface area contributed by atoms with Crippen LogP contribution in [0.4, 0.5) is 4.79 Å². The molecule has 0 spiro atoms. The molecule has 0 bridgehead atoms. The lowest BCUT2D eigenvalue weighted by Crippen LogP contribution is -3.28. The molecule has 1 heterocycles. The Balaban J connectivity index is 1.69. The van der Waals surface area contributed by atoms with Crippen LogP contribution in [-0.2, 0) is 11.3 Å². The number of amides is 3. The number of carbonyl (C=O) groups is 2. The molecule has 26 heavy (non-hydrogen) atoms. The molecule has 1 fully saturated rings. The summed E-state index contributed by atoms with van der Waals surface area (Å²) in [6.45, 7) is 9.16. The van der Waals surface area contributed by atoms with Crippen molar-refractivity contribution in [1.82, 2.24) is 10.6 Å². The molecule has 1 saturated heterocycles. The Bertz CT molecular complexity index is 583. The van der Waals surface area contributed by atoms with Crippen molar-refractivity contribution >= 4 is 11.9 Å². The fraction of sp³-hybridized carbons (Fsp3) is 0.579. The van der Waals surface area contributed by atoms with Gasteiger partial charge in [-0.1, -0.05) is 6.92 Å². The van der Waals surface area contributed by atoms with E-state index in [2.05, 4.69) is 22.8 Å². The highest BCUT2D eigenvalue weighted by molar-refractivity contribution is 5.94. The largest absolute Gasteiger partial charge is 0.497 e. The summed E-state index contributed by atoms with van der Waals surface area (Å²) in [5.41, 5.74) is 1.30. The third kappa shape index (κ3) is 6.65. The maximum atomic E-state index is 12.0. The van der Waals surface area contributed by atoms with Crippen LogP contribution in [-0.4, -0.2) is 57.8 Å². The van der Waals surface area contributed by atoms with Crippen LogP contribution in [0.3, 0.4) is 0 Å². The second-order valence-electron chi connectivity index (χ2n) is 7.03. The van der Waals surface area contributed by atoms with Crippen LogP contribution in [0.5, 0.6) is 5.75 Å². The number of carbonyl (C=O) groups excluding carboxylic acids is 2. The zero-order valence-electron chi connectivity index (χ0n) is 16.1. The molecule has 1 atom stereocenters. The molecule has 0 saturated carbocycles. The molecule has 0 radical (unpaired) electrons. The van der Waals surface area contributed by atoms with Gasteiger partial charge in [0.15, 0.2) is 6.54 Å². The predicted octanol–water partition coefficient (Wildman–Crippen LogP) is -1.40. The Labute approximate surface area is 155 Å². The van der Waals surface area contributed by atoms with E-state index in [1.165, 1.54) is 15.4 Å². The fourth-order valence-electron chi connectivity index (χ4n) is 3.10. The summed E-state index contributed by atoms with van der Waals surface area (Å²) < 4.78 is 5.19. The highest BCUT2D eigenvalue weighted by atomic mass is 16.5. The van der Waals surface area contributed by atoms with Crippen molar-refractivity contribution in [3.05, 3.63) is 29.8 Å². The highest BCUT2D eigenvalue weighted by Crippen LogP contribution is 2.10. The van der Waals surface area contributed by atoms with Crippen LogP contribution in [0.1, 0.15) is 25.8 Å². The van der Waals surface area contributed by atoms with Crippen molar-refractivity contribution in [3.8, 4) is 5.75 Å². The standard InChI is InChI=1S/C19H30N4O3/c1-4-15(2)20-19(25)21-18(24)14-23-11-9-22(10-12-23)13-16-5-7-17(26-3)8-6-16/h5-8,15H,4,9-14H2,1-3H3,(H2,20,21,24,25)/p+2/t15-/m0/s1. The van der Waals surface area contributed by atoms with Crippen LogP contribution in [0, 0.1) is 0 Å². The number of methoxy groups -OCH3 is 1. The minimum absolute atomic E-state index is 0.0697. The van der Waals surface area contributed by atoms with Crippen molar-refractivity contribution in [2.24, 2.45) is 0 Å². The first kappa shape index (κ1) is 20.2. The number of benzene rings is 1. The smallest absolute Gasteiger partial charge is 0.321 e. The Morgan fingerprint density at radius 1 is 1.12 bits per heavy atom. The van der Waals surface area contributed by atoms with Crippen LogP contribution >= 0.6 is 0 Å². The molecule has 2 rings (SSSR count). The van der Waals surface area contributed by atoms with E-state index in [9.17, 15) is 9.59 Å². The first-order valence-corrected chi connectivity index (χ1v) is 9.40. The van der Waals surface area contributed by atoms with Crippen molar-refractivity contribution in [2.75, 3.05) is 39.8 Å². The van der Waals surface area contributed by atoms with Crippen LogP contribution in [0.15, 0.2) is 24.3 Å². The molecule has 7 nitrogen and oxygen atoms in total. The number of quaternary nitrogens is 2. The van der Waals surface area contributed by atoms with E-state index in [1.54, 1.807) is 7.11 Å². The third-order valence-electron chi connectivity index (χ3n) is 4.93. The molecule has 1 aromatic carbocycles. The molecule has 0 aromatic heterocycles. The monoisotopic (exact) mass is 364 g/mol. The maximum Gasteiger partial charge on any atom is 0.321 e. The van der Waals surface area contributed by atoms with Gasteiger partial charge >= 0.3 is 6.03 Å². The van der Waals surface area contributed by atoms with Gasteiger partial charge in [-0.15, -0.1) is 0 Å². The van der Waals surface area contributed by atoms with Crippen molar-refractivity contribution < 1.29 is 24.1 Å². The van der Waals surface area contributed by atoms with Crippen molar-refractivity contribution in [2.45, 2.75) is 32.9 Å². The number of urea groups is 1. The maximum absolute atomic E-state index is 12.0. The molecule has 4 N–H and O–H groups in total. The first-order chi connectivity index (χ1) is 12.5. The van der Waals surface area contributed by atoms with Gasteiger partial charge in [-0.2, -0.15) is 0 Å². The van der Waals surface area contributed by atoms with E-state index in [1.807, 2.05) is 26.0 Å². The zero-order valence-corrected chi connectivity index (χ0v) is 16.1. The second kappa shape index (κ2) is 10.1. The molecule has 0 aliphatic carbocycles. The van der Waals surface area contributed by atoms with Gasteiger partial charge in [0.05, 0.1) is 7.11 Å². The Morgan fingerprint density at radius 3 is 2.31 bits per heavy atom. The van der Waals surface area contributed by atoms with Gasteiger partial charge < -0.3 is 19.9 Å². The summed E-state index contributed by atoms with van der Waals surface area (Å²) in [5.74, 6) is 0.667. The predicted molar refractivity (Wildman–Crippen MR) is 99.4 cm³/mol. The van der Waals surface area contributed by atoms with Crippen LogP contribution in [0.25, 0.3) is 0 Å². The van der Waals surface area contributed by atoms with Crippen molar-refractivity contribution in [3.63, 3.8) is 0 Å². The zero-order chi connectivity index (χ0) is 18.9. The fourth-order valence-corrected chi connectivity index (χ4v) is 3.10. The normalized spacial score (nSPS) is 20.9. The Kier molecular flexibility index (Phi) is 7.87. The van der Waals surface area contributed by atoms with Crippen LogP contribution < -0.4 is 25.2 Å². The number of imide groups is 1. The van der Waals surface area contributed by atoms with E-state index < -0.39 is 6.03 Å². The van der Waals surface area contributed by atoms with Gasteiger partial charge in [-0.25, -0.2) is 4.79 Å². The number of rotatable bonds is 7. The average molecular weight is 364 g/mol. The average Bonchev–Trinajstić information content (AvgIpc) is 2.63. The first-order valence-electron chi connectivity index (χ1n) is 9.40. The summed E-state index contributed by atoms with van der Waals surface area (Å²) in [7, 11) is 1.67. The van der Waals surface area contributed by atoms with Crippen molar-refractivity contribution in [1.29, 1.82) is 0 Å². The van der Waals surface area contributed by atoms with Gasteiger partial charge in [-0.3, -0.25) is 10.1 Å². The second-order valence-corrected chi connectivity index (χ2v) is 7.03. The van der Waals surface area contributed by atoms with Gasteiger partial charge in [-0.05, 0) is 37.6 Å². The summed E-state index contributed by atoms with van der Waals surface area (Å²) in [4.78, 5) is 26.5. The minimum atomic E-state index is -0.396. The number of hydrogen-bond donors (Lipinski definition) is 4. The minimum Gasteiger partial charge on any atom is -0.497 e. The number of piperazine rings is 1. The van der Waals surface area contributed by atoms with E-state index in [-0.39, 0.29) is 11.9 Å². The summed E-state index contributed by atoms with van der Waals surface area (Å²) in [5, 5.41) is 5.17. The molecule has 1 aromatic rings. The van der Waals surface area contributed by atoms with Crippen LogP contribution in [0.2, 0.25) is 0 Å². The van der Waals surface area contributed by atoms with E-state index >= 15 is 0 Å². The lowest BCUT2D eigenvalue weighted by molar-refractivity contribution is -1.02. The van der Waals surface area contributed by atoms with E-state index in [0.29, 0.717) is 6.54 Å². The lowest BCUT2D eigenvalue weighted by atomic mass is 10.2. The molecule has 0 unspecified atom stereocenters. The number of nitrogens with one attached hydrogen (secondary N) is 4. The highest BCUT2D eigenvalue weighted by Gasteiger charge is 2.25. The molecule has 7 heteroatoms. The molecular weight excluding hydrogens is 332 g/mol. The molecular formula is C19H32N4O3+2. The molecule has 3 amide bonds. The van der Waals surface area contributed by atoms with Gasteiger partial charge in [0.25, 0.3) is 5.91 Å². The quantitative estimate of drug-likeness (QED) is 0.481. The summed E-state index contributed by atoms with van der Waals surface area (Å²) >= 11 is 0. The van der Waals surface area contributed by atoms with E-state index in [0.717, 1.165) is 44.9 Å². The van der Waals surface area contributed by atoms with Gasteiger partial charge in [0, 0.05) is 11.6 Å². The topological polar surface area (TPSA) is 76.3 Å². The van der Waals surface area contributed by atoms with Gasteiger partial charge in [0.1, 0.15) is 38.5 Å². The molecule has 1 aliphatic rings. The van der Waals surface area contributed by atoms with E-state index in [4.69, 9.17) is 4.74 Å². The molecule has 1 aliphatic heterocycles. The Morgan fingerprint density at radius 2 is 1.73 bits per heavy atom. The molecule has 144 valence electrons. The third-order valence-corrected chi connectivity index (χ3v) is 4.93. The summed E-state index contributed by atoms with van der Waals surface area (Å²) in [6.07, 6.45) is 0.839. The summed E-state index contributed by atoms with van der Waals surface area (Å²) in [6, 6.07) is 7.87. The number of ether oxygens (including phenoxy) is 1. The van der Waals surface area contributed by atoms with Gasteiger partial charge in [0.2, 0.25) is 0 Å². The SMILES string of the molecule is CC[C@H](C)NC(=O)NC(=O)C[NH+]1CC[NH+](Cc2ccc(OC)cc2)CC1. The lowest BCUT2D eigenvalue weighted by Gasteiger charge is -2.29. The Hall–Kier alpha value is -2.12.